The molecule has 8 nitrogen and oxygen atoms in total. The van der Waals surface area contributed by atoms with Gasteiger partial charge in [0.1, 0.15) is 23.3 Å². The Morgan fingerprint density at radius 1 is 1.06 bits per heavy atom. The van der Waals surface area contributed by atoms with Crippen LogP contribution in [-0.4, -0.2) is 47.0 Å². The number of aliphatic hydroxyl groups is 1. The number of ether oxygens (including phenoxy) is 2. The van der Waals surface area contributed by atoms with Gasteiger partial charge in [0.2, 0.25) is 0 Å². The normalized spacial score (nSPS) is 15.3. The fourth-order valence-electron chi connectivity index (χ4n) is 3.28. The molecule has 2 aromatic rings. The van der Waals surface area contributed by atoms with E-state index in [1.807, 2.05) is 0 Å². The summed E-state index contributed by atoms with van der Waals surface area (Å²) >= 11 is 0. The van der Waals surface area contributed by atoms with Gasteiger partial charge in [-0.15, -0.1) is 0 Å². The smallest absolute Gasteiger partial charge is 0.323 e. The summed E-state index contributed by atoms with van der Waals surface area (Å²) in [6.07, 6.45) is -1.64. The quantitative estimate of drug-likeness (QED) is 0.411. The van der Waals surface area contributed by atoms with E-state index in [9.17, 15) is 19.8 Å². The predicted octanol–water partition coefficient (Wildman–Crippen LogP) is 2.26. The maximum Gasteiger partial charge on any atom is 0.323 e. The lowest BCUT2D eigenvalue weighted by atomic mass is 9.85. The molecule has 0 heterocycles. The van der Waals surface area contributed by atoms with Gasteiger partial charge in [-0.05, 0) is 44.0 Å². The average molecular weight is 445 g/mol. The second kappa shape index (κ2) is 11.1. The molecule has 0 amide bonds. The van der Waals surface area contributed by atoms with Crippen molar-refractivity contribution in [2.75, 3.05) is 7.11 Å². The van der Waals surface area contributed by atoms with Crippen molar-refractivity contribution in [3.05, 3.63) is 65.7 Å². The van der Waals surface area contributed by atoms with E-state index in [0.717, 1.165) is 5.56 Å². The minimum Gasteiger partial charge on any atom is -0.497 e. The number of hydrogen-bond acceptors (Lipinski definition) is 7. The molecule has 32 heavy (non-hydrogen) atoms. The zero-order valence-electron chi connectivity index (χ0n) is 18.8. The molecule has 0 aliphatic heterocycles. The van der Waals surface area contributed by atoms with Crippen LogP contribution >= 0.6 is 0 Å². The molecule has 8 heteroatoms. The summed E-state index contributed by atoms with van der Waals surface area (Å²) < 4.78 is 10.6. The number of aliphatic carboxylic acids is 1. The molecule has 4 atom stereocenters. The monoisotopic (exact) mass is 444 g/mol. The van der Waals surface area contributed by atoms with Crippen LogP contribution < -0.4 is 15.8 Å². The van der Waals surface area contributed by atoms with Crippen LogP contribution in [0.25, 0.3) is 0 Å². The molecule has 0 aliphatic carbocycles. The summed E-state index contributed by atoms with van der Waals surface area (Å²) in [6, 6.07) is 13.4. The van der Waals surface area contributed by atoms with Gasteiger partial charge in [-0.3, -0.25) is 14.9 Å². The van der Waals surface area contributed by atoms with Crippen LogP contribution in [-0.2, 0) is 20.9 Å². The van der Waals surface area contributed by atoms with Crippen molar-refractivity contribution >= 4 is 11.9 Å². The maximum atomic E-state index is 13.0. The number of hydrogen-bond donors (Lipinski definition) is 4. The van der Waals surface area contributed by atoms with Crippen molar-refractivity contribution in [2.24, 2.45) is 11.7 Å². The summed E-state index contributed by atoms with van der Waals surface area (Å²) in [6.45, 7) is 5.23. The predicted molar refractivity (Wildman–Crippen MR) is 120 cm³/mol. The highest BCUT2D eigenvalue weighted by atomic mass is 16.6. The molecule has 0 aromatic heterocycles. The van der Waals surface area contributed by atoms with Crippen molar-refractivity contribution in [3.8, 4) is 5.75 Å². The van der Waals surface area contributed by atoms with E-state index in [4.69, 9.17) is 15.2 Å². The number of carbonyl (C=O) groups excluding carboxylic acids is 1. The highest BCUT2D eigenvalue weighted by molar-refractivity contribution is 5.79. The van der Waals surface area contributed by atoms with Gasteiger partial charge in [0.05, 0.1) is 13.2 Å². The Morgan fingerprint density at radius 2 is 1.66 bits per heavy atom. The maximum absolute atomic E-state index is 13.0. The zero-order valence-corrected chi connectivity index (χ0v) is 18.8. The second-order valence-electron chi connectivity index (χ2n) is 8.53. The van der Waals surface area contributed by atoms with Crippen molar-refractivity contribution in [2.45, 2.75) is 51.1 Å². The summed E-state index contributed by atoms with van der Waals surface area (Å²) in [7, 11) is 1.55. The number of benzene rings is 2. The Morgan fingerprint density at radius 3 is 2.16 bits per heavy atom. The van der Waals surface area contributed by atoms with E-state index in [0.29, 0.717) is 11.3 Å². The molecule has 174 valence electrons. The molecule has 0 aliphatic rings. The molecule has 0 bridgehead atoms. The highest BCUT2D eigenvalue weighted by Crippen LogP contribution is 2.28. The number of esters is 1. The standard InChI is InChI=1S/C24H32N2O6/c1-24(2,3)32-23(30)18(19(25)16-8-6-5-7-9-16)21(27)20(22(28)29)26-14-15-10-12-17(31-4)13-11-15/h5-13,18-21,26-27H,14,25H2,1-4H3,(H,28,29)/t18-,19+,20-,21-/m0/s1. The van der Waals surface area contributed by atoms with Crippen LogP contribution in [0.5, 0.6) is 5.75 Å². The van der Waals surface area contributed by atoms with Crippen LogP contribution in [0, 0.1) is 5.92 Å². The van der Waals surface area contributed by atoms with Gasteiger partial charge >= 0.3 is 11.9 Å². The van der Waals surface area contributed by atoms with E-state index in [1.165, 1.54) is 0 Å². The Bertz CT molecular complexity index is 880. The van der Waals surface area contributed by atoms with Gasteiger partial charge in [0.25, 0.3) is 0 Å². The van der Waals surface area contributed by atoms with Crippen LogP contribution in [0.1, 0.15) is 37.9 Å². The molecule has 5 N–H and O–H groups in total. The summed E-state index contributed by atoms with van der Waals surface area (Å²) in [5.41, 5.74) is 6.88. The van der Waals surface area contributed by atoms with Crippen molar-refractivity contribution < 1.29 is 29.3 Å². The van der Waals surface area contributed by atoms with Gasteiger partial charge < -0.3 is 25.4 Å². The van der Waals surface area contributed by atoms with Gasteiger partial charge in [-0.25, -0.2) is 0 Å². The van der Waals surface area contributed by atoms with Crippen LogP contribution in [0.2, 0.25) is 0 Å². The molecule has 0 unspecified atom stereocenters. The minimum atomic E-state index is -1.64. The van der Waals surface area contributed by atoms with Gasteiger partial charge in [-0.1, -0.05) is 42.5 Å². The molecule has 2 aromatic carbocycles. The molecular weight excluding hydrogens is 412 g/mol. The van der Waals surface area contributed by atoms with Crippen molar-refractivity contribution in [1.82, 2.24) is 5.32 Å². The molecule has 0 spiro atoms. The Hall–Kier alpha value is -2.94. The molecular formula is C24H32N2O6. The molecule has 0 radical (unpaired) electrons. The van der Waals surface area contributed by atoms with E-state index < -0.39 is 41.6 Å². The third-order valence-electron chi connectivity index (χ3n) is 4.91. The number of aliphatic hydroxyl groups excluding tert-OH is 1. The summed E-state index contributed by atoms with van der Waals surface area (Å²) in [5, 5.41) is 23.7. The SMILES string of the molecule is COc1ccc(CN[C@H](C(=O)O)[C@@H](O)[C@@H](C(=O)OC(C)(C)C)[C@H](N)c2ccccc2)cc1. The third kappa shape index (κ3) is 7.05. The summed E-state index contributed by atoms with van der Waals surface area (Å²) in [4.78, 5) is 25.0. The lowest BCUT2D eigenvalue weighted by molar-refractivity contribution is -0.167. The van der Waals surface area contributed by atoms with E-state index >= 15 is 0 Å². The first-order valence-electron chi connectivity index (χ1n) is 10.3. The Kier molecular flexibility index (Phi) is 8.77. The van der Waals surface area contributed by atoms with Crippen LogP contribution in [0.3, 0.4) is 0 Å². The van der Waals surface area contributed by atoms with Gasteiger partial charge in [-0.2, -0.15) is 0 Å². The largest absolute Gasteiger partial charge is 0.497 e. The lowest BCUT2D eigenvalue weighted by Crippen LogP contribution is -2.54. The van der Waals surface area contributed by atoms with E-state index in [2.05, 4.69) is 5.32 Å². The fraction of sp³-hybridized carbons (Fsp3) is 0.417. The highest BCUT2D eigenvalue weighted by Gasteiger charge is 2.42. The number of nitrogens with two attached hydrogens (primary N) is 1. The lowest BCUT2D eigenvalue weighted by Gasteiger charge is -2.33. The number of carboxylic acid groups (broad SMARTS) is 1. The average Bonchev–Trinajstić information content (AvgIpc) is 2.73. The first-order valence-corrected chi connectivity index (χ1v) is 10.3. The second-order valence-corrected chi connectivity index (χ2v) is 8.53. The Labute approximate surface area is 188 Å². The zero-order chi connectivity index (χ0) is 23.9. The first kappa shape index (κ1) is 25.3. The van der Waals surface area contributed by atoms with Crippen molar-refractivity contribution in [1.29, 1.82) is 0 Å². The van der Waals surface area contributed by atoms with Gasteiger partial charge in [0, 0.05) is 12.6 Å². The fourth-order valence-corrected chi connectivity index (χ4v) is 3.28. The number of nitrogens with one attached hydrogen (secondary N) is 1. The molecule has 0 saturated heterocycles. The third-order valence-corrected chi connectivity index (χ3v) is 4.91. The summed E-state index contributed by atoms with van der Waals surface area (Å²) in [5.74, 6) is -2.71. The topological polar surface area (TPSA) is 131 Å². The minimum absolute atomic E-state index is 0.152. The number of methoxy groups -OCH3 is 1. The van der Waals surface area contributed by atoms with Crippen LogP contribution in [0.4, 0.5) is 0 Å². The molecule has 2 rings (SSSR count). The number of carboxylic acids is 1. The number of carbonyl (C=O) groups is 2. The Balaban J connectivity index is 2.28. The van der Waals surface area contributed by atoms with Crippen LogP contribution in [0.15, 0.2) is 54.6 Å². The van der Waals surface area contributed by atoms with Crippen molar-refractivity contribution in [3.63, 3.8) is 0 Å². The molecule has 0 saturated carbocycles. The van der Waals surface area contributed by atoms with Gasteiger partial charge in [0.15, 0.2) is 0 Å². The molecule has 0 fully saturated rings. The van der Waals surface area contributed by atoms with E-state index in [-0.39, 0.29) is 6.54 Å². The van der Waals surface area contributed by atoms with E-state index in [1.54, 1.807) is 82.5 Å². The number of rotatable bonds is 10. The first-order chi connectivity index (χ1) is 15.0.